The molecule has 0 spiro atoms. The van der Waals surface area contributed by atoms with Crippen molar-refractivity contribution in [2.24, 2.45) is 0 Å². The Labute approximate surface area is 99.7 Å². The minimum Gasteiger partial charge on any atom is -0.497 e. The summed E-state index contributed by atoms with van der Waals surface area (Å²) in [5, 5.41) is 1.08. The van der Waals surface area contributed by atoms with Gasteiger partial charge in [-0.3, -0.25) is 0 Å². The van der Waals surface area contributed by atoms with Crippen LogP contribution >= 0.6 is 15.9 Å². The second-order valence-electron chi connectivity index (χ2n) is 3.27. The normalized spacial score (nSPS) is 10.0. The molecular weight excluding hydrogens is 256 g/mol. The van der Waals surface area contributed by atoms with Crippen molar-refractivity contribution in [2.45, 2.75) is 19.3 Å². The second-order valence-corrected chi connectivity index (χ2v) is 4.07. The SMILES string of the molecule is COc1ccc(OCCCCCBr)cc1. The van der Waals surface area contributed by atoms with E-state index in [0.29, 0.717) is 0 Å². The molecule has 0 radical (unpaired) electrons. The zero-order chi connectivity index (χ0) is 10.9. The van der Waals surface area contributed by atoms with E-state index in [0.717, 1.165) is 29.9 Å². The predicted molar refractivity (Wildman–Crippen MR) is 66.1 cm³/mol. The maximum atomic E-state index is 5.58. The molecule has 84 valence electrons. The summed E-state index contributed by atoms with van der Waals surface area (Å²) in [4.78, 5) is 0. The first-order valence-electron chi connectivity index (χ1n) is 5.19. The molecule has 0 aliphatic rings. The highest BCUT2D eigenvalue weighted by Crippen LogP contribution is 2.17. The lowest BCUT2D eigenvalue weighted by Crippen LogP contribution is -1.97. The Morgan fingerprint density at radius 1 is 1.00 bits per heavy atom. The molecule has 2 nitrogen and oxygen atoms in total. The molecule has 0 aliphatic heterocycles. The van der Waals surface area contributed by atoms with Gasteiger partial charge in [-0.15, -0.1) is 0 Å². The van der Waals surface area contributed by atoms with Crippen LogP contribution in [-0.2, 0) is 0 Å². The molecule has 0 N–H and O–H groups in total. The van der Waals surface area contributed by atoms with Gasteiger partial charge in [-0.1, -0.05) is 15.9 Å². The first-order valence-corrected chi connectivity index (χ1v) is 6.32. The fourth-order valence-corrected chi connectivity index (χ4v) is 1.63. The van der Waals surface area contributed by atoms with Gasteiger partial charge in [0.1, 0.15) is 11.5 Å². The van der Waals surface area contributed by atoms with Gasteiger partial charge in [-0.25, -0.2) is 0 Å². The van der Waals surface area contributed by atoms with E-state index in [1.807, 2.05) is 24.3 Å². The van der Waals surface area contributed by atoms with E-state index in [9.17, 15) is 0 Å². The van der Waals surface area contributed by atoms with Gasteiger partial charge < -0.3 is 9.47 Å². The number of alkyl halides is 1. The highest BCUT2D eigenvalue weighted by molar-refractivity contribution is 9.09. The fourth-order valence-electron chi connectivity index (χ4n) is 1.24. The summed E-state index contributed by atoms with van der Waals surface area (Å²) >= 11 is 3.41. The van der Waals surface area contributed by atoms with Crippen LogP contribution in [0.3, 0.4) is 0 Å². The van der Waals surface area contributed by atoms with Crippen LogP contribution in [0.2, 0.25) is 0 Å². The van der Waals surface area contributed by atoms with Crippen LogP contribution in [-0.4, -0.2) is 19.0 Å². The van der Waals surface area contributed by atoms with Gasteiger partial charge in [0, 0.05) is 5.33 Å². The van der Waals surface area contributed by atoms with Crippen molar-refractivity contribution < 1.29 is 9.47 Å². The number of methoxy groups -OCH3 is 1. The van der Waals surface area contributed by atoms with Gasteiger partial charge in [-0.2, -0.15) is 0 Å². The van der Waals surface area contributed by atoms with Crippen LogP contribution in [0.4, 0.5) is 0 Å². The molecular formula is C12H17BrO2. The maximum absolute atomic E-state index is 5.58. The highest BCUT2D eigenvalue weighted by Gasteiger charge is 1.94. The molecule has 1 aromatic carbocycles. The Morgan fingerprint density at radius 2 is 1.67 bits per heavy atom. The summed E-state index contributed by atoms with van der Waals surface area (Å²) < 4.78 is 10.6. The Hall–Kier alpha value is -0.700. The molecule has 3 heteroatoms. The minimum absolute atomic E-state index is 0.791. The number of hydrogen-bond acceptors (Lipinski definition) is 2. The highest BCUT2D eigenvalue weighted by atomic mass is 79.9. The Balaban J connectivity index is 2.20. The average Bonchev–Trinajstić information content (AvgIpc) is 2.30. The number of ether oxygens (including phenoxy) is 2. The van der Waals surface area contributed by atoms with Crippen molar-refractivity contribution in [3.63, 3.8) is 0 Å². The topological polar surface area (TPSA) is 18.5 Å². The molecule has 1 rings (SSSR count). The van der Waals surface area contributed by atoms with Gasteiger partial charge >= 0.3 is 0 Å². The third-order valence-electron chi connectivity index (χ3n) is 2.11. The van der Waals surface area contributed by atoms with Crippen LogP contribution in [0, 0.1) is 0 Å². The molecule has 0 aliphatic carbocycles. The van der Waals surface area contributed by atoms with Gasteiger partial charge in [0.2, 0.25) is 0 Å². The lowest BCUT2D eigenvalue weighted by Gasteiger charge is -2.06. The van der Waals surface area contributed by atoms with Crippen molar-refractivity contribution in [3.8, 4) is 11.5 Å². The molecule has 0 amide bonds. The van der Waals surface area contributed by atoms with Crippen LogP contribution < -0.4 is 9.47 Å². The molecule has 0 unspecified atom stereocenters. The van der Waals surface area contributed by atoms with Gasteiger partial charge in [0.25, 0.3) is 0 Å². The Morgan fingerprint density at radius 3 is 2.27 bits per heavy atom. The molecule has 1 aromatic rings. The fraction of sp³-hybridized carbons (Fsp3) is 0.500. The largest absolute Gasteiger partial charge is 0.497 e. The smallest absolute Gasteiger partial charge is 0.119 e. The van der Waals surface area contributed by atoms with Crippen LogP contribution in [0.1, 0.15) is 19.3 Å². The summed E-state index contributed by atoms with van der Waals surface area (Å²) in [6.07, 6.45) is 3.53. The van der Waals surface area contributed by atoms with Crippen molar-refractivity contribution >= 4 is 15.9 Å². The standard InChI is InChI=1S/C12H17BrO2/c1-14-11-5-7-12(8-6-11)15-10-4-2-3-9-13/h5-8H,2-4,9-10H2,1H3. The number of benzene rings is 1. The molecule has 0 atom stereocenters. The third-order valence-corrected chi connectivity index (χ3v) is 2.67. The average molecular weight is 273 g/mol. The van der Waals surface area contributed by atoms with Gasteiger partial charge in [0.15, 0.2) is 0 Å². The second kappa shape index (κ2) is 7.57. The number of unbranched alkanes of at least 4 members (excludes halogenated alkanes) is 2. The van der Waals surface area contributed by atoms with Crippen molar-refractivity contribution in [1.82, 2.24) is 0 Å². The van der Waals surface area contributed by atoms with E-state index in [1.54, 1.807) is 7.11 Å². The van der Waals surface area contributed by atoms with Gasteiger partial charge in [-0.05, 0) is 43.5 Å². The molecule has 0 aromatic heterocycles. The summed E-state index contributed by atoms with van der Waals surface area (Å²) in [5.41, 5.74) is 0. The monoisotopic (exact) mass is 272 g/mol. The first kappa shape index (κ1) is 12.4. The Bertz CT molecular complexity index is 259. The number of rotatable bonds is 7. The summed E-state index contributed by atoms with van der Waals surface area (Å²) in [6, 6.07) is 7.69. The Kier molecular flexibility index (Phi) is 6.25. The summed E-state index contributed by atoms with van der Waals surface area (Å²) in [5.74, 6) is 1.77. The predicted octanol–water partition coefficient (Wildman–Crippen LogP) is 3.64. The van der Waals surface area contributed by atoms with Crippen molar-refractivity contribution in [3.05, 3.63) is 24.3 Å². The first-order chi connectivity index (χ1) is 7.36. The van der Waals surface area contributed by atoms with E-state index in [4.69, 9.17) is 9.47 Å². The number of halogens is 1. The quantitative estimate of drug-likeness (QED) is 0.557. The molecule has 0 saturated heterocycles. The third kappa shape index (κ3) is 5.07. The van der Waals surface area contributed by atoms with E-state index in [1.165, 1.54) is 12.8 Å². The zero-order valence-corrected chi connectivity index (χ0v) is 10.6. The minimum atomic E-state index is 0.791. The van der Waals surface area contributed by atoms with E-state index in [-0.39, 0.29) is 0 Å². The van der Waals surface area contributed by atoms with Crippen LogP contribution in [0.5, 0.6) is 11.5 Å². The van der Waals surface area contributed by atoms with Crippen LogP contribution in [0.25, 0.3) is 0 Å². The van der Waals surface area contributed by atoms with E-state index in [2.05, 4.69) is 15.9 Å². The molecule has 0 saturated carbocycles. The zero-order valence-electron chi connectivity index (χ0n) is 9.04. The molecule has 0 heterocycles. The number of hydrogen-bond donors (Lipinski definition) is 0. The van der Waals surface area contributed by atoms with Crippen molar-refractivity contribution in [2.75, 3.05) is 19.0 Å². The lowest BCUT2D eigenvalue weighted by molar-refractivity contribution is 0.306. The van der Waals surface area contributed by atoms with Crippen LogP contribution in [0.15, 0.2) is 24.3 Å². The van der Waals surface area contributed by atoms with E-state index >= 15 is 0 Å². The maximum Gasteiger partial charge on any atom is 0.119 e. The summed E-state index contributed by atoms with van der Waals surface area (Å²) in [7, 11) is 1.66. The molecule has 15 heavy (non-hydrogen) atoms. The lowest BCUT2D eigenvalue weighted by atomic mass is 10.3. The van der Waals surface area contributed by atoms with Gasteiger partial charge in [0.05, 0.1) is 13.7 Å². The summed E-state index contributed by atoms with van der Waals surface area (Å²) in [6.45, 7) is 0.791. The van der Waals surface area contributed by atoms with E-state index < -0.39 is 0 Å². The van der Waals surface area contributed by atoms with Crippen molar-refractivity contribution in [1.29, 1.82) is 0 Å². The molecule has 0 bridgehead atoms. The molecule has 0 fully saturated rings.